The van der Waals surface area contributed by atoms with Crippen LogP contribution in [0.25, 0.3) is 0 Å². The fraction of sp³-hybridized carbons (Fsp3) is 0.417. The Hall–Kier alpha value is -1.36. The molecule has 1 aliphatic rings. The molecule has 0 atom stereocenters. The molecule has 0 spiro atoms. The Labute approximate surface area is 136 Å². The highest BCUT2D eigenvalue weighted by Crippen LogP contribution is 2.23. The van der Waals surface area contributed by atoms with E-state index in [0.29, 0.717) is 41.0 Å². The van der Waals surface area contributed by atoms with Crippen molar-refractivity contribution < 1.29 is 13.2 Å². The smallest absolute Gasteiger partial charge is 0.267 e. The number of hydrogen-bond acceptors (Lipinski definition) is 7. The van der Waals surface area contributed by atoms with Gasteiger partial charge in [0.05, 0.1) is 5.69 Å². The summed E-state index contributed by atoms with van der Waals surface area (Å²) in [6.07, 6.45) is 0. The van der Waals surface area contributed by atoms with Crippen LogP contribution in [0.4, 0.5) is 0 Å². The third-order valence-corrected chi connectivity index (χ3v) is 7.55. The van der Waals surface area contributed by atoms with E-state index in [9.17, 15) is 13.2 Å². The fourth-order valence-corrected chi connectivity index (χ4v) is 5.43. The molecule has 1 saturated heterocycles. The summed E-state index contributed by atoms with van der Waals surface area (Å²) in [5.74, 6) is -0.124. The normalized spacial score (nSPS) is 16.9. The van der Waals surface area contributed by atoms with Gasteiger partial charge in [0, 0.05) is 26.2 Å². The number of sulfonamides is 1. The number of rotatable bonds is 3. The van der Waals surface area contributed by atoms with Gasteiger partial charge in [0.25, 0.3) is 15.9 Å². The molecule has 0 N–H and O–H groups in total. The molecule has 0 unspecified atom stereocenters. The molecule has 3 heterocycles. The number of aryl methyl sites for hydroxylation is 1. The maximum atomic E-state index is 12.4. The zero-order valence-electron chi connectivity index (χ0n) is 11.8. The molecule has 0 aliphatic carbocycles. The van der Waals surface area contributed by atoms with Gasteiger partial charge in [-0.05, 0) is 29.9 Å². The van der Waals surface area contributed by atoms with Crippen LogP contribution < -0.4 is 0 Å². The second-order valence-electron chi connectivity index (χ2n) is 4.82. The third kappa shape index (κ3) is 2.78. The average molecular weight is 358 g/mol. The minimum atomic E-state index is -3.44. The highest BCUT2D eigenvalue weighted by Gasteiger charge is 2.31. The second-order valence-corrected chi connectivity index (χ2v) is 8.68. The lowest BCUT2D eigenvalue weighted by Gasteiger charge is -2.33. The topological polar surface area (TPSA) is 83.5 Å². The lowest BCUT2D eigenvalue weighted by Crippen LogP contribution is -2.50. The molecular formula is C12H14N4O3S3. The van der Waals surface area contributed by atoms with Gasteiger partial charge in [0.1, 0.15) is 9.09 Å². The van der Waals surface area contributed by atoms with Crippen LogP contribution in [0.3, 0.4) is 0 Å². The average Bonchev–Trinajstić information content (AvgIpc) is 3.18. The molecule has 0 bridgehead atoms. The van der Waals surface area contributed by atoms with Crippen LogP contribution >= 0.6 is 22.9 Å². The highest BCUT2D eigenvalue weighted by atomic mass is 32.2. The lowest BCUT2D eigenvalue weighted by atomic mass is 10.3. The van der Waals surface area contributed by atoms with Crippen molar-refractivity contribution in [2.24, 2.45) is 0 Å². The number of aromatic nitrogens is 2. The molecule has 22 heavy (non-hydrogen) atoms. The Morgan fingerprint density at radius 1 is 1.27 bits per heavy atom. The zero-order chi connectivity index (χ0) is 15.7. The number of thiophene rings is 1. The fourth-order valence-electron chi connectivity index (χ4n) is 2.24. The maximum Gasteiger partial charge on any atom is 0.267 e. The van der Waals surface area contributed by atoms with Crippen molar-refractivity contribution in [2.75, 3.05) is 26.2 Å². The predicted octanol–water partition coefficient (Wildman–Crippen LogP) is 1.05. The highest BCUT2D eigenvalue weighted by molar-refractivity contribution is 7.91. The van der Waals surface area contributed by atoms with Gasteiger partial charge in [-0.3, -0.25) is 4.79 Å². The van der Waals surface area contributed by atoms with Crippen LogP contribution in [0.5, 0.6) is 0 Å². The second kappa shape index (κ2) is 6.03. The standard InChI is InChI=1S/C12H14N4O3S3/c1-9-11(21-14-13-9)12(17)15-4-6-16(7-5-15)22(18,19)10-3-2-8-20-10/h2-3,8H,4-7H2,1H3. The molecule has 0 aromatic carbocycles. The van der Waals surface area contributed by atoms with E-state index >= 15 is 0 Å². The number of hydrogen-bond donors (Lipinski definition) is 0. The van der Waals surface area contributed by atoms with Crippen molar-refractivity contribution >= 4 is 38.8 Å². The Morgan fingerprint density at radius 3 is 2.55 bits per heavy atom. The minimum absolute atomic E-state index is 0.124. The molecule has 3 rings (SSSR count). The summed E-state index contributed by atoms with van der Waals surface area (Å²) in [4.78, 5) is 14.5. The molecular weight excluding hydrogens is 344 g/mol. The van der Waals surface area contributed by atoms with Gasteiger partial charge in [-0.15, -0.1) is 16.4 Å². The van der Waals surface area contributed by atoms with E-state index in [2.05, 4.69) is 9.59 Å². The van der Waals surface area contributed by atoms with Crippen LogP contribution in [-0.4, -0.2) is 59.3 Å². The van der Waals surface area contributed by atoms with Gasteiger partial charge in [-0.1, -0.05) is 10.6 Å². The van der Waals surface area contributed by atoms with Gasteiger partial charge in [-0.2, -0.15) is 4.31 Å². The first-order valence-corrected chi connectivity index (χ1v) is 9.71. The predicted molar refractivity (Wildman–Crippen MR) is 83.6 cm³/mol. The van der Waals surface area contributed by atoms with Crippen molar-refractivity contribution in [2.45, 2.75) is 11.1 Å². The summed E-state index contributed by atoms with van der Waals surface area (Å²) < 4.78 is 30.4. The van der Waals surface area contributed by atoms with Gasteiger partial charge in [0.15, 0.2) is 0 Å². The van der Waals surface area contributed by atoms with Crippen LogP contribution in [0, 0.1) is 6.92 Å². The van der Waals surface area contributed by atoms with E-state index in [-0.39, 0.29) is 5.91 Å². The first kappa shape index (κ1) is 15.5. The van der Waals surface area contributed by atoms with Crippen molar-refractivity contribution in [3.8, 4) is 0 Å². The summed E-state index contributed by atoms with van der Waals surface area (Å²) in [6.45, 7) is 3.10. The van der Waals surface area contributed by atoms with E-state index in [1.165, 1.54) is 15.6 Å². The molecule has 10 heteroatoms. The van der Waals surface area contributed by atoms with Crippen LogP contribution in [0.2, 0.25) is 0 Å². The lowest BCUT2D eigenvalue weighted by molar-refractivity contribution is 0.0702. The summed E-state index contributed by atoms with van der Waals surface area (Å²) >= 11 is 2.28. The largest absolute Gasteiger partial charge is 0.335 e. The molecule has 0 radical (unpaired) electrons. The van der Waals surface area contributed by atoms with E-state index in [1.54, 1.807) is 29.3 Å². The van der Waals surface area contributed by atoms with Gasteiger partial charge in [0.2, 0.25) is 0 Å². The Morgan fingerprint density at radius 2 is 2.00 bits per heavy atom. The molecule has 1 amide bonds. The van der Waals surface area contributed by atoms with Gasteiger partial charge >= 0.3 is 0 Å². The summed E-state index contributed by atoms with van der Waals surface area (Å²) in [6, 6.07) is 3.32. The molecule has 7 nitrogen and oxygen atoms in total. The summed E-state index contributed by atoms with van der Waals surface area (Å²) in [5, 5.41) is 5.58. The van der Waals surface area contributed by atoms with Crippen LogP contribution in [0.1, 0.15) is 15.4 Å². The van der Waals surface area contributed by atoms with E-state index in [0.717, 1.165) is 11.5 Å². The number of carbonyl (C=O) groups is 1. The first-order valence-electron chi connectivity index (χ1n) is 6.62. The number of carbonyl (C=O) groups excluding carboxylic acids is 1. The molecule has 0 saturated carbocycles. The van der Waals surface area contributed by atoms with E-state index < -0.39 is 10.0 Å². The molecule has 1 fully saturated rings. The number of amides is 1. The quantitative estimate of drug-likeness (QED) is 0.819. The minimum Gasteiger partial charge on any atom is -0.335 e. The SMILES string of the molecule is Cc1nnsc1C(=O)N1CCN(S(=O)(=O)c2cccs2)CC1. The van der Waals surface area contributed by atoms with Gasteiger partial charge < -0.3 is 4.90 Å². The van der Waals surface area contributed by atoms with Crippen molar-refractivity contribution in [1.29, 1.82) is 0 Å². The number of piperazine rings is 1. The molecule has 2 aromatic rings. The van der Waals surface area contributed by atoms with E-state index in [4.69, 9.17) is 0 Å². The van der Waals surface area contributed by atoms with Crippen LogP contribution in [-0.2, 0) is 10.0 Å². The van der Waals surface area contributed by atoms with Gasteiger partial charge in [-0.25, -0.2) is 8.42 Å². The Kier molecular flexibility index (Phi) is 4.26. The third-order valence-electron chi connectivity index (χ3n) is 3.46. The van der Waals surface area contributed by atoms with E-state index in [1.807, 2.05) is 0 Å². The monoisotopic (exact) mass is 358 g/mol. The van der Waals surface area contributed by atoms with Crippen LogP contribution in [0.15, 0.2) is 21.7 Å². The number of nitrogens with zero attached hydrogens (tertiary/aromatic N) is 4. The summed E-state index contributed by atoms with van der Waals surface area (Å²) in [5.41, 5.74) is 0.614. The van der Waals surface area contributed by atoms with Crippen molar-refractivity contribution in [3.63, 3.8) is 0 Å². The van der Waals surface area contributed by atoms with Crippen molar-refractivity contribution in [1.82, 2.24) is 18.8 Å². The zero-order valence-corrected chi connectivity index (χ0v) is 14.2. The summed E-state index contributed by atoms with van der Waals surface area (Å²) in [7, 11) is -3.44. The maximum absolute atomic E-state index is 12.4. The Balaban J connectivity index is 1.68. The molecule has 118 valence electrons. The Bertz CT molecular complexity index is 761. The first-order chi connectivity index (χ1) is 10.5. The molecule has 1 aliphatic heterocycles. The molecule has 2 aromatic heterocycles. The van der Waals surface area contributed by atoms with Crippen molar-refractivity contribution in [3.05, 3.63) is 28.1 Å².